The molecule has 1 aliphatic rings. The highest BCUT2D eigenvalue weighted by molar-refractivity contribution is 7.13. The lowest BCUT2D eigenvalue weighted by atomic mass is 10.1. The van der Waals surface area contributed by atoms with E-state index in [4.69, 9.17) is 0 Å². The second kappa shape index (κ2) is 7.21. The largest absolute Gasteiger partial charge is 0.325 e. The topological polar surface area (TPSA) is 49.4 Å². The first-order valence-electron chi connectivity index (χ1n) is 8.68. The van der Waals surface area contributed by atoms with Crippen LogP contribution in [0, 0.1) is 0 Å². The molecule has 1 N–H and O–H groups in total. The molecule has 0 saturated heterocycles. The Morgan fingerprint density at radius 1 is 0.963 bits per heavy atom. The number of nitrogens with one attached hydrogen (secondary N) is 1. The molecule has 2 heterocycles. The van der Waals surface area contributed by atoms with Gasteiger partial charge in [0.25, 0.3) is 5.91 Å². The summed E-state index contributed by atoms with van der Waals surface area (Å²) in [5, 5.41) is 4.98. The van der Waals surface area contributed by atoms with E-state index in [0.717, 1.165) is 21.7 Å². The molecule has 0 spiro atoms. The van der Waals surface area contributed by atoms with Crippen molar-refractivity contribution >= 4 is 34.5 Å². The van der Waals surface area contributed by atoms with Crippen LogP contribution in [-0.2, 0) is 4.79 Å². The Bertz CT molecular complexity index is 989. The van der Waals surface area contributed by atoms with Crippen molar-refractivity contribution in [2.45, 2.75) is 6.42 Å². The molecule has 134 valence electrons. The van der Waals surface area contributed by atoms with E-state index in [1.807, 2.05) is 60.0 Å². The van der Waals surface area contributed by atoms with Crippen LogP contribution >= 0.6 is 11.3 Å². The first-order chi connectivity index (χ1) is 13.1. The average Bonchev–Trinajstić information content (AvgIpc) is 3.29. The molecule has 0 bridgehead atoms. The Labute approximate surface area is 161 Å². The van der Waals surface area contributed by atoms with E-state index < -0.39 is 0 Å². The fourth-order valence-corrected chi connectivity index (χ4v) is 4.00. The SMILES string of the molecule is C=C1c2ccccc2C(=O)N1CCC(=O)Nc1ccccc1-c1cccs1. The quantitative estimate of drug-likeness (QED) is 0.693. The molecule has 2 aromatic carbocycles. The Kier molecular flexibility index (Phi) is 4.60. The molecule has 0 unspecified atom stereocenters. The summed E-state index contributed by atoms with van der Waals surface area (Å²) < 4.78 is 0. The van der Waals surface area contributed by atoms with Crippen LogP contribution in [0.15, 0.2) is 72.6 Å². The second-order valence-electron chi connectivity index (χ2n) is 6.27. The standard InChI is InChI=1S/C22H18N2O2S/c1-15-16-7-2-3-8-17(16)22(26)24(15)13-12-21(25)23-19-10-5-4-9-18(19)20-11-6-14-27-20/h2-11,14H,1,12-13H2,(H,23,25). The summed E-state index contributed by atoms with van der Waals surface area (Å²) in [4.78, 5) is 27.7. The van der Waals surface area contributed by atoms with E-state index >= 15 is 0 Å². The molecule has 0 atom stereocenters. The van der Waals surface area contributed by atoms with E-state index in [1.165, 1.54) is 0 Å². The Morgan fingerprint density at radius 3 is 2.37 bits per heavy atom. The number of anilines is 1. The van der Waals surface area contributed by atoms with Gasteiger partial charge in [0.2, 0.25) is 5.91 Å². The van der Waals surface area contributed by atoms with Gasteiger partial charge in [-0.1, -0.05) is 49.0 Å². The van der Waals surface area contributed by atoms with Crippen molar-refractivity contribution in [3.05, 3.63) is 83.7 Å². The number of fused-ring (bicyclic) bond motifs is 1. The minimum atomic E-state index is -0.129. The molecule has 4 nitrogen and oxygen atoms in total. The van der Waals surface area contributed by atoms with Gasteiger partial charge in [0, 0.05) is 45.9 Å². The maximum Gasteiger partial charge on any atom is 0.258 e. The van der Waals surface area contributed by atoms with Crippen LogP contribution in [-0.4, -0.2) is 23.3 Å². The highest BCUT2D eigenvalue weighted by atomic mass is 32.1. The minimum absolute atomic E-state index is 0.0950. The molecule has 1 aromatic heterocycles. The maximum absolute atomic E-state index is 12.5. The zero-order chi connectivity index (χ0) is 18.8. The lowest BCUT2D eigenvalue weighted by Crippen LogP contribution is -2.27. The molecule has 3 aromatic rings. The van der Waals surface area contributed by atoms with E-state index in [0.29, 0.717) is 17.8 Å². The van der Waals surface area contributed by atoms with Crippen LogP contribution in [0.3, 0.4) is 0 Å². The van der Waals surface area contributed by atoms with Crippen LogP contribution in [0.5, 0.6) is 0 Å². The first kappa shape index (κ1) is 17.2. The molecule has 0 fully saturated rings. The molecule has 4 rings (SSSR count). The van der Waals surface area contributed by atoms with E-state index in [1.54, 1.807) is 22.3 Å². The predicted molar refractivity (Wildman–Crippen MR) is 110 cm³/mol. The van der Waals surface area contributed by atoms with Gasteiger partial charge < -0.3 is 10.2 Å². The zero-order valence-corrected chi connectivity index (χ0v) is 15.5. The number of carbonyl (C=O) groups excluding carboxylic acids is 2. The summed E-state index contributed by atoms with van der Waals surface area (Å²) in [5.74, 6) is -0.224. The van der Waals surface area contributed by atoms with Crippen molar-refractivity contribution in [3.63, 3.8) is 0 Å². The molecule has 2 amide bonds. The van der Waals surface area contributed by atoms with Crippen molar-refractivity contribution in [2.24, 2.45) is 0 Å². The fourth-order valence-electron chi connectivity index (χ4n) is 3.24. The highest BCUT2D eigenvalue weighted by Gasteiger charge is 2.30. The van der Waals surface area contributed by atoms with Gasteiger partial charge in [-0.2, -0.15) is 0 Å². The van der Waals surface area contributed by atoms with Crippen LogP contribution in [0.2, 0.25) is 0 Å². The molecule has 0 aliphatic carbocycles. The average molecular weight is 374 g/mol. The Hall–Kier alpha value is -3.18. The molecule has 5 heteroatoms. The molecule has 27 heavy (non-hydrogen) atoms. The Morgan fingerprint density at radius 2 is 1.67 bits per heavy atom. The monoisotopic (exact) mass is 374 g/mol. The van der Waals surface area contributed by atoms with Gasteiger partial charge in [-0.25, -0.2) is 0 Å². The van der Waals surface area contributed by atoms with Gasteiger partial charge in [0.05, 0.1) is 0 Å². The van der Waals surface area contributed by atoms with E-state index in [9.17, 15) is 9.59 Å². The number of hydrogen-bond acceptors (Lipinski definition) is 3. The third-order valence-corrected chi connectivity index (χ3v) is 5.49. The lowest BCUT2D eigenvalue weighted by Gasteiger charge is -2.17. The summed E-state index contributed by atoms with van der Waals surface area (Å²) >= 11 is 1.63. The smallest absolute Gasteiger partial charge is 0.258 e. The van der Waals surface area contributed by atoms with Crippen LogP contribution in [0.4, 0.5) is 5.69 Å². The molecule has 0 radical (unpaired) electrons. The van der Waals surface area contributed by atoms with E-state index in [2.05, 4.69) is 11.9 Å². The van der Waals surface area contributed by atoms with E-state index in [-0.39, 0.29) is 18.2 Å². The number of thiophene rings is 1. The van der Waals surface area contributed by atoms with Crippen LogP contribution < -0.4 is 5.32 Å². The highest BCUT2D eigenvalue weighted by Crippen LogP contribution is 2.32. The van der Waals surface area contributed by atoms with Gasteiger partial charge in [-0.15, -0.1) is 11.3 Å². The zero-order valence-electron chi connectivity index (χ0n) is 14.6. The number of hydrogen-bond donors (Lipinski definition) is 1. The normalized spacial score (nSPS) is 13.0. The van der Waals surface area contributed by atoms with Gasteiger partial charge >= 0.3 is 0 Å². The van der Waals surface area contributed by atoms with Crippen molar-refractivity contribution < 1.29 is 9.59 Å². The van der Waals surface area contributed by atoms with Gasteiger partial charge in [0.15, 0.2) is 0 Å². The van der Waals surface area contributed by atoms with Crippen molar-refractivity contribution in [2.75, 3.05) is 11.9 Å². The summed E-state index contributed by atoms with van der Waals surface area (Å²) in [5.41, 5.74) is 3.91. The van der Waals surface area contributed by atoms with Crippen molar-refractivity contribution in [3.8, 4) is 10.4 Å². The summed E-state index contributed by atoms with van der Waals surface area (Å²) in [6, 6.07) is 19.1. The predicted octanol–water partition coefficient (Wildman–Crippen LogP) is 4.87. The van der Waals surface area contributed by atoms with Gasteiger partial charge in [0.1, 0.15) is 0 Å². The summed E-state index contributed by atoms with van der Waals surface area (Å²) in [6.07, 6.45) is 0.206. The molecular weight excluding hydrogens is 356 g/mol. The molecule has 1 aliphatic heterocycles. The number of benzene rings is 2. The van der Waals surface area contributed by atoms with Crippen LogP contribution in [0.25, 0.3) is 16.1 Å². The third-order valence-electron chi connectivity index (χ3n) is 4.59. The maximum atomic E-state index is 12.5. The summed E-state index contributed by atoms with van der Waals surface area (Å²) in [7, 11) is 0. The number of nitrogens with zero attached hydrogens (tertiary/aromatic N) is 1. The van der Waals surface area contributed by atoms with Crippen molar-refractivity contribution in [1.82, 2.24) is 4.90 Å². The Balaban J connectivity index is 1.43. The summed E-state index contributed by atoms with van der Waals surface area (Å²) in [6.45, 7) is 4.32. The molecular formula is C22H18N2O2S. The van der Waals surface area contributed by atoms with Gasteiger partial charge in [-0.05, 0) is 23.6 Å². The fraction of sp³-hybridized carbons (Fsp3) is 0.0909. The first-order valence-corrected chi connectivity index (χ1v) is 9.56. The minimum Gasteiger partial charge on any atom is -0.325 e. The third kappa shape index (κ3) is 3.29. The van der Waals surface area contributed by atoms with Crippen molar-refractivity contribution in [1.29, 1.82) is 0 Å². The number of carbonyl (C=O) groups is 2. The van der Waals surface area contributed by atoms with Gasteiger partial charge in [-0.3, -0.25) is 9.59 Å². The van der Waals surface area contributed by atoms with Crippen LogP contribution in [0.1, 0.15) is 22.3 Å². The molecule has 0 saturated carbocycles. The number of amides is 2. The number of rotatable bonds is 5. The lowest BCUT2D eigenvalue weighted by molar-refractivity contribution is -0.116. The second-order valence-corrected chi connectivity index (χ2v) is 7.22. The number of para-hydroxylation sites is 1.